The Morgan fingerprint density at radius 1 is 0.800 bits per heavy atom. The SMILES string of the molecule is Cc1ccc(Sc2ccc(C(=O)c3ccc([N+](=O)[O-])cc3)cc2)cc1. The lowest BCUT2D eigenvalue weighted by Crippen LogP contribution is -2.01. The van der Waals surface area contributed by atoms with Gasteiger partial charge in [-0.3, -0.25) is 14.9 Å². The molecule has 0 heterocycles. The van der Waals surface area contributed by atoms with Gasteiger partial charge in [0.2, 0.25) is 0 Å². The number of hydrogen-bond acceptors (Lipinski definition) is 4. The third kappa shape index (κ3) is 4.14. The molecule has 0 aliphatic rings. The lowest BCUT2D eigenvalue weighted by Gasteiger charge is -2.05. The van der Waals surface area contributed by atoms with E-state index in [1.165, 1.54) is 29.8 Å². The number of aryl methyl sites for hydroxylation is 1. The molecule has 0 N–H and O–H groups in total. The molecule has 0 radical (unpaired) electrons. The minimum atomic E-state index is -0.481. The molecule has 0 fully saturated rings. The molecule has 0 atom stereocenters. The predicted octanol–water partition coefficient (Wildman–Crippen LogP) is 5.29. The molecule has 0 spiro atoms. The van der Waals surface area contributed by atoms with Crippen molar-refractivity contribution in [3.63, 3.8) is 0 Å². The molecule has 0 saturated heterocycles. The first-order valence-corrected chi connectivity index (χ1v) is 8.48. The standard InChI is InChI=1S/C20H15NO3S/c1-14-2-10-18(11-3-14)25-19-12-6-16(7-13-19)20(22)15-4-8-17(9-5-15)21(23)24/h2-13H,1H3. The van der Waals surface area contributed by atoms with Crippen molar-refractivity contribution in [3.8, 4) is 0 Å². The quantitative estimate of drug-likeness (QED) is 0.357. The van der Waals surface area contributed by atoms with Crippen LogP contribution in [0, 0.1) is 17.0 Å². The minimum Gasteiger partial charge on any atom is -0.289 e. The van der Waals surface area contributed by atoms with Gasteiger partial charge in [-0.1, -0.05) is 29.5 Å². The van der Waals surface area contributed by atoms with Crippen LogP contribution in [0.5, 0.6) is 0 Å². The van der Waals surface area contributed by atoms with Crippen molar-refractivity contribution in [3.05, 3.63) is 99.6 Å². The van der Waals surface area contributed by atoms with Crippen molar-refractivity contribution in [1.29, 1.82) is 0 Å². The van der Waals surface area contributed by atoms with Gasteiger partial charge in [-0.25, -0.2) is 0 Å². The molecule has 5 heteroatoms. The van der Waals surface area contributed by atoms with Crippen LogP contribution in [-0.2, 0) is 0 Å². The van der Waals surface area contributed by atoms with E-state index in [2.05, 4.69) is 24.3 Å². The maximum atomic E-state index is 12.5. The Bertz CT molecular complexity index is 901. The van der Waals surface area contributed by atoms with E-state index in [0.717, 1.165) is 9.79 Å². The van der Waals surface area contributed by atoms with Gasteiger partial charge >= 0.3 is 0 Å². The molecule has 0 saturated carbocycles. The number of benzene rings is 3. The van der Waals surface area contributed by atoms with Gasteiger partial charge in [0.15, 0.2) is 5.78 Å². The summed E-state index contributed by atoms with van der Waals surface area (Å²) in [6.07, 6.45) is 0. The summed E-state index contributed by atoms with van der Waals surface area (Å²) in [7, 11) is 0. The Labute approximate surface area is 149 Å². The van der Waals surface area contributed by atoms with Gasteiger partial charge in [0, 0.05) is 33.1 Å². The molecule has 25 heavy (non-hydrogen) atoms. The average Bonchev–Trinajstić information content (AvgIpc) is 2.64. The first-order valence-electron chi connectivity index (χ1n) is 7.67. The molecule has 0 unspecified atom stereocenters. The molecule has 0 amide bonds. The number of non-ortho nitro benzene ring substituents is 1. The van der Waals surface area contributed by atoms with E-state index < -0.39 is 4.92 Å². The molecule has 0 aliphatic heterocycles. The van der Waals surface area contributed by atoms with Gasteiger partial charge in [-0.2, -0.15) is 0 Å². The van der Waals surface area contributed by atoms with Gasteiger partial charge in [-0.05, 0) is 55.5 Å². The second kappa shape index (κ2) is 7.32. The molecule has 3 aromatic carbocycles. The summed E-state index contributed by atoms with van der Waals surface area (Å²) in [6, 6.07) is 21.3. The number of nitro groups is 1. The average molecular weight is 349 g/mol. The number of nitro benzene ring substituents is 1. The topological polar surface area (TPSA) is 60.2 Å². The fourth-order valence-corrected chi connectivity index (χ4v) is 3.13. The summed E-state index contributed by atoms with van der Waals surface area (Å²) in [5.41, 5.74) is 2.18. The highest BCUT2D eigenvalue weighted by Gasteiger charge is 2.11. The first kappa shape index (κ1) is 16.9. The van der Waals surface area contributed by atoms with Gasteiger partial charge in [0.1, 0.15) is 0 Å². The predicted molar refractivity (Wildman–Crippen MR) is 98.3 cm³/mol. The van der Waals surface area contributed by atoms with Gasteiger partial charge in [-0.15, -0.1) is 0 Å². The molecule has 0 bridgehead atoms. The number of nitrogens with zero attached hydrogens (tertiary/aromatic N) is 1. The Morgan fingerprint density at radius 2 is 1.24 bits per heavy atom. The van der Waals surface area contributed by atoms with Crippen LogP contribution in [0.3, 0.4) is 0 Å². The molecule has 4 nitrogen and oxygen atoms in total. The maximum absolute atomic E-state index is 12.5. The molecule has 0 aromatic heterocycles. The lowest BCUT2D eigenvalue weighted by atomic mass is 10.0. The molecule has 3 aromatic rings. The maximum Gasteiger partial charge on any atom is 0.269 e. The third-order valence-electron chi connectivity index (χ3n) is 3.71. The van der Waals surface area contributed by atoms with Gasteiger partial charge < -0.3 is 0 Å². The summed E-state index contributed by atoms with van der Waals surface area (Å²) in [5, 5.41) is 10.7. The van der Waals surface area contributed by atoms with Crippen molar-refractivity contribution >= 4 is 23.2 Å². The van der Waals surface area contributed by atoms with Gasteiger partial charge in [0.05, 0.1) is 4.92 Å². The normalized spacial score (nSPS) is 10.4. The van der Waals surface area contributed by atoms with Crippen LogP contribution in [-0.4, -0.2) is 10.7 Å². The number of hydrogen-bond donors (Lipinski definition) is 0. The van der Waals surface area contributed by atoms with Crippen LogP contribution in [0.4, 0.5) is 5.69 Å². The summed E-state index contributed by atoms with van der Waals surface area (Å²) < 4.78 is 0. The third-order valence-corrected chi connectivity index (χ3v) is 4.73. The van der Waals surface area contributed by atoms with Crippen LogP contribution in [0.2, 0.25) is 0 Å². The minimum absolute atomic E-state index is 0.0265. The fraction of sp³-hybridized carbons (Fsp3) is 0.0500. The lowest BCUT2D eigenvalue weighted by molar-refractivity contribution is -0.384. The first-order chi connectivity index (χ1) is 12.0. The van der Waals surface area contributed by atoms with E-state index in [1.54, 1.807) is 23.9 Å². The molecular weight excluding hydrogens is 334 g/mol. The largest absolute Gasteiger partial charge is 0.289 e. The van der Waals surface area contributed by atoms with Crippen LogP contribution in [0.15, 0.2) is 82.6 Å². The van der Waals surface area contributed by atoms with E-state index in [4.69, 9.17) is 0 Å². The summed E-state index contributed by atoms with van der Waals surface area (Å²) in [4.78, 5) is 24.8. The van der Waals surface area contributed by atoms with Crippen molar-refractivity contribution in [1.82, 2.24) is 0 Å². The van der Waals surface area contributed by atoms with E-state index in [0.29, 0.717) is 11.1 Å². The smallest absolute Gasteiger partial charge is 0.269 e. The van der Waals surface area contributed by atoms with Crippen molar-refractivity contribution in [2.24, 2.45) is 0 Å². The zero-order valence-electron chi connectivity index (χ0n) is 13.5. The highest BCUT2D eigenvalue weighted by molar-refractivity contribution is 7.99. The number of rotatable bonds is 5. The Kier molecular flexibility index (Phi) is 4.95. The summed E-state index contributed by atoms with van der Waals surface area (Å²) in [5.74, 6) is -0.151. The van der Waals surface area contributed by atoms with Crippen molar-refractivity contribution in [2.75, 3.05) is 0 Å². The van der Waals surface area contributed by atoms with Crippen LogP contribution in [0.25, 0.3) is 0 Å². The summed E-state index contributed by atoms with van der Waals surface area (Å²) >= 11 is 1.63. The zero-order valence-corrected chi connectivity index (χ0v) is 14.3. The van der Waals surface area contributed by atoms with Crippen molar-refractivity contribution in [2.45, 2.75) is 16.7 Å². The molecular formula is C20H15NO3S. The fourth-order valence-electron chi connectivity index (χ4n) is 2.32. The monoisotopic (exact) mass is 349 g/mol. The highest BCUT2D eigenvalue weighted by atomic mass is 32.2. The van der Waals surface area contributed by atoms with E-state index >= 15 is 0 Å². The van der Waals surface area contributed by atoms with E-state index in [1.807, 2.05) is 19.1 Å². The van der Waals surface area contributed by atoms with Gasteiger partial charge in [0.25, 0.3) is 5.69 Å². The Balaban J connectivity index is 1.73. The van der Waals surface area contributed by atoms with Crippen LogP contribution >= 0.6 is 11.8 Å². The van der Waals surface area contributed by atoms with Crippen molar-refractivity contribution < 1.29 is 9.72 Å². The molecule has 124 valence electrons. The Hall–Kier alpha value is -2.92. The molecule has 3 rings (SSSR count). The van der Waals surface area contributed by atoms with E-state index in [9.17, 15) is 14.9 Å². The molecule has 0 aliphatic carbocycles. The number of ketones is 1. The highest BCUT2D eigenvalue weighted by Crippen LogP contribution is 2.28. The van der Waals surface area contributed by atoms with Crippen LogP contribution < -0.4 is 0 Å². The zero-order chi connectivity index (χ0) is 17.8. The number of carbonyl (C=O) groups is 1. The number of carbonyl (C=O) groups excluding carboxylic acids is 1. The second-order valence-corrected chi connectivity index (χ2v) is 6.72. The second-order valence-electron chi connectivity index (χ2n) is 5.57. The van der Waals surface area contributed by atoms with Crippen LogP contribution in [0.1, 0.15) is 21.5 Å². The summed E-state index contributed by atoms with van der Waals surface area (Å²) in [6.45, 7) is 2.05. The Morgan fingerprint density at radius 3 is 1.72 bits per heavy atom. The van der Waals surface area contributed by atoms with E-state index in [-0.39, 0.29) is 11.5 Å².